The number of sulfonamides is 1. The Kier molecular flexibility index (Phi) is 5.26. The smallest absolute Gasteiger partial charge is 0.294 e. The number of hydrogen-bond acceptors (Lipinski definition) is 4. The summed E-state index contributed by atoms with van der Waals surface area (Å²) in [6, 6.07) is 18.4. The quantitative estimate of drug-likeness (QED) is 0.485. The van der Waals surface area contributed by atoms with Gasteiger partial charge in [-0.15, -0.1) is 0 Å². The highest BCUT2D eigenvalue weighted by Gasteiger charge is 2.19. The largest absolute Gasteiger partial charge is 0.308 e. The summed E-state index contributed by atoms with van der Waals surface area (Å²) in [7, 11) is -3.78. The minimum atomic E-state index is -3.78. The molecule has 5 nitrogen and oxygen atoms in total. The van der Waals surface area contributed by atoms with Crippen molar-refractivity contribution in [1.29, 1.82) is 0 Å². The van der Waals surface area contributed by atoms with E-state index in [1.54, 1.807) is 22.8 Å². The Balaban J connectivity index is 1.71. The van der Waals surface area contributed by atoms with Gasteiger partial charge in [-0.1, -0.05) is 59.4 Å². The summed E-state index contributed by atoms with van der Waals surface area (Å²) in [5.74, 6) is 0. The summed E-state index contributed by atoms with van der Waals surface area (Å²) in [6.45, 7) is 6.20. The predicted molar refractivity (Wildman–Crippen MR) is 123 cm³/mol. The van der Waals surface area contributed by atoms with Crippen molar-refractivity contribution in [3.05, 3.63) is 92.6 Å². The highest BCUT2D eigenvalue weighted by molar-refractivity contribution is 7.92. The maximum Gasteiger partial charge on any atom is 0.308 e. The van der Waals surface area contributed by atoms with E-state index in [0.717, 1.165) is 39.1 Å². The number of thiazole rings is 1. The van der Waals surface area contributed by atoms with Crippen molar-refractivity contribution >= 4 is 37.3 Å². The molecule has 4 rings (SSSR count). The zero-order chi connectivity index (χ0) is 21.5. The molecule has 30 heavy (non-hydrogen) atoms. The number of fused-ring (bicyclic) bond motifs is 1. The Hall–Kier alpha value is -2.90. The summed E-state index contributed by atoms with van der Waals surface area (Å²) in [6.07, 6.45) is 0. The first-order chi connectivity index (χ1) is 14.2. The molecule has 0 aliphatic heterocycles. The third-order valence-corrected chi connectivity index (χ3v) is 7.34. The topological polar surface area (TPSA) is 68.2 Å². The SMILES string of the molecule is Cc1cc(C)c(NS(=O)(=O)c2ccc3c(c2)sc(=O)n3Cc2ccccc2)c(C)c1. The Bertz CT molecular complexity index is 1380. The summed E-state index contributed by atoms with van der Waals surface area (Å²) >= 11 is 1.06. The van der Waals surface area contributed by atoms with Crippen molar-refractivity contribution in [1.82, 2.24) is 4.57 Å². The van der Waals surface area contributed by atoms with E-state index in [4.69, 9.17) is 0 Å². The summed E-state index contributed by atoms with van der Waals surface area (Å²) in [4.78, 5) is 12.6. The van der Waals surface area contributed by atoms with Crippen LogP contribution in [0.15, 0.2) is 70.4 Å². The van der Waals surface area contributed by atoms with Gasteiger partial charge in [-0.25, -0.2) is 8.42 Å². The van der Waals surface area contributed by atoms with Crippen LogP contribution in [-0.2, 0) is 16.6 Å². The van der Waals surface area contributed by atoms with Crippen LogP contribution in [0.1, 0.15) is 22.3 Å². The molecular formula is C23H22N2O3S2. The first kappa shape index (κ1) is 20.4. The molecule has 1 N–H and O–H groups in total. The molecule has 0 saturated heterocycles. The molecule has 0 amide bonds. The lowest BCUT2D eigenvalue weighted by molar-refractivity contribution is 0.601. The molecule has 154 valence electrons. The van der Waals surface area contributed by atoms with Crippen molar-refractivity contribution in [2.24, 2.45) is 0 Å². The summed E-state index contributed by atoms with van der Waals surface area (Å²) < 4.78 is 31.1. The van der Waals surface area contributed by atoms with Crippen LogP contribution >= 0.6 is 11.3 Å². The lowest BCUT2D eigenvalue weighted by Crippen LogP contribution is -2.15. The van der Waals surface area contributed by atoms with Gasteiger partial charge in [0.05, 0.1) is 27.3 Å². The third kappa shape index (κ3) is 3.91. The van der Waals surface area contributed by atoms with Crippen LogP contribution < -0.4 is 9.60 Å². The molecule has 0 aliphatic rings. The van der Waals surface area contributed by atoms with Gasteiger partial charge in [0.2, 0.25) is 0 Å². The first-order valence-electron chi connectivity index (χ1n) is 9.52. The zero-order valence-corrected chi connectivity index (χ0v) is 18.6. The van der Waals surface area contributed by atoms with Gasteiger partial charge in [-0.05, 0) is 55.7 Å². The van der Waals surface area contributed by atoms with Crippen LogP contribution in [0.4, 0.5) is 5.69 Å². The molecule has 0 aliphatic carbocycles. The number of rotatable bonds is 5. The second kappa shape index (κ2) is 7.74. The molecule has 0 fully saturated rings. The standard InChI is InChI=1S/C23H22N2O3S2/c1-15-11-16(2)22(17(3)12-15)24-30(27,28)19-9-10-20-21(13-19)29-23(26)25(20)14-18-7-5-4-6-8-18/h4-13,24H,14H2,1-3H3. The molecule has 0 unspecified atom stereocenters. The lowest BCUT2D eigenvalue weighted by Gasteiger charge is -2.14. The molecule has 0 bridgehead atoms. The molecule has 0 radical (unpaired) electrons. The van der Waals surface area contributed by atoms with Crippen LogP contribution in [0, 0.1) is 20.8 Å². The fourth-order valence-corrected chi connectivity index (χ4v) is 5.90. The number of aryl methyl sites for hydroxylation is 3. The molecule has 0 atom stereocenters. The van der Waals surface area contributed by atoms with Gasteiger partial charge in [-0.3, -0.25) is 14.1 Å². The van der Waals surface area contributed by atoms with Gasteiger partial charge in [-0.2, -0.15) is 0 Å². The molecular weight excluding hydrogens is 416 g/mol. The van der Waals surface area contributed by atoms with E-state index >= 15 is 0 Å². The number of nitrogens with zero attached hydrogens (tertiary/aromatic N) is 1. The van der Waals surface area contributed by atoms with Crippen molar-refractivity contribution in [3.8, 4) is 0 Å². The normalized spacial score (nSPS) is 11.7. The summed E-state index contributed by atoms with van der Waals surface area (Å²) in [5.41, 5.74) is 5.17. The van der Waals surface area contributed by atoms with Crippen molar-refractivity contribution in [2.75, 3.05) is 4.72 Å². The monoisotopic (exact) mass is 438 g/mol. The number of nitrogens with one attached hydrogen (secondary N) is 1. The van der Waals surface area contributed by atoms with Gasteiger partial charge >= 0.3 is 4.87 Å². The fourth-order valence-electron chi connectivity index (χ4n) is 3.66. The van der Waals surface area contributed by atoms with Crippen molar-refractivity contribution in [2.45, 2.75) is 32.2 Å². The van der Waals surface area contributed by atoms with E-state index in [0.29, 0.717) is 16.9 Å². The van der Waals surface area contributed by atoms with Crippen LogP contribution in [0.25, 0.3) is 10.2 Å². The van der Waals surface area contributed by atoms with Crippen molar-refractivity contribution < 1.29 is 8.42 Å². The maximum atomic E-state index is 13.0. The van der Waals surface area contributed by atoms with E-state index in [9.17, 15) is 13.2 Å². The van der Waals surface area contributed by atoms with Gasteiger partial charge in [0.1, 0.15) is 0 Å². The number of hydrogen-bond donors (Lipinski definition) is 1. The van der Waals surface area contributed by atoms with Gasteiger partial charge in [0.15, 0.2) is 0 Å². The Morgan fingerprint density at radius 1 is 0.933 bits per heavy atom. The van der Waals surface area contributed by atoms with E-state index < -0.39 is 10.0 Å². The number of aromatic nitrogens is 1. The fraction of sp³-hybridized carbons (Fsp3) is 0.174. The van der Waals surface area contributed by atoms with Crippen LogP contribution in [0.5, 0.6) is 0 Å². The van der Waals surface area contributed by atoms with Crippen molar-refractivity contribution in [3.63, 3.8) is 0 Å². The minimum absolute atomic E-state index is 0.110. The second-order valence-corrected chi connectivity index (χ2v) is 10.1. The summed E-state index contributed by atoms with van der Waals surface area (Å²) in [5, 5.41) is 0. The van der Waals surface area contributed by atoms with E-state index in [1.165, 1.54) is 0 Å². The first-order valence-corrected chi connectivity index (χ1v) is 11.8. The lowest BCUT2D eigenvalue weighted by atomic mass is 10.1. The average Bonchev–Trinajstić information content (AvgIpc) is 3.00. The molecule has 0 spiro atoms. The number of benzene rings is 3. The van der Waals surface area contributed by atoms with E-state index in [2.05, 4.69) is 4.72 Å². The Morgan fingerprint density at radius 3 is 2.27 bits per heavy atom. The average molecular weight is 439 g/mol. The zero-order valence-electron chi connectivity index (χ0n) is 17.0. The van der Waals surface area contributed by atoms with Crippen LogP contribution in [0.2, 0.25) is 0 Å². The van der Waals surface area contributed by atoms with Gasteiger partial charge in [0.25, 0.3) is 10.0 Å². The predicted octanol–water partition coefficient (Wildman–Crippen LogP) is 4.84. The van der Waals surface area contributed by atoms with E-state index in [1.807, 2.05) is 63.2 Å². The molecule has 1 aromatic heterocycles. The maximum absolute atomic E-state index is 13.0. The van der Waals surface area contributed by atoms with Gasteiger partial charge in [0, 0.05) is 0 Å². The van der Waals surface area contributed by atoms with E-state index in [-0.39, 0.29) is 9.77 Å². The Morgan fingerprint density at radius 2 is 1.60 bits per heavy atom. The number of anilines is 1. The molecule has 1 heterocycles. The minimum Gasteiger partial charge on any atom is -0.294 e. The highest BCUT2D eigenvalue weighted by atomic mass is 32.2. The van der Waals surface area contributed by atoms with Crippen LogP contribution in [0.3, 0.4) is 0 Å². The molecule has 0 saturated carbocycles. The third-order valence-electron chi connectivity index (χ3n) is 5.05. The van der Waals surface area contributed by atoms with Crippen LogP contribution in [-0.4, -0.2) is 13.0 Å². The Labute approximate surface area is 179 Å². The molecule has 4 aromatic rings. The highest BCUT2D eigenvalue weighted by Crippen LogP contribution is 2.27. The second-order valence-electron chi connectivity index (χ2n) is 7.45. The van der Waals surface area contributed by atoms with Gasteiger partial charge < -0.3 is 0 Å². The molecule has 7 heteroatoms. The molecule has 3 aromatic carbocycles.